The van der Waals surface area contributed by atoms with Crippen molar-refractivity contribution in [3.63, 3.8) is 0 Å². The lowest BCUT2D eigenvalue weighted by Gasteiger charge is -2.20. The Morgan fingerprint density at radius 2 is 1.30 bits per heavy atom. The normalized spacial score (nSPS) is 12.0. The van der Waals surface area contributed by atoms with Gasteiger partial charge in [-0.2, -0.15) is 4.31 Å². The monoisotopic (exact) mass is 350 g/mol. The topological polar surface area (TPSA) is 40.6 Å². The highest BCUT2D eigenvalue weighted by Gasteiger charge is 2.19. The van der Waals surface area contributed by atoms with Crippen molar-refractivity contribution in [2.75, 3.05) is 19.2 Å². The molecular formula is C17H22N2O2S2. The molecule has 4 nitrogen and oxygen atoms in total. The summed E-state index contributed by atoms with van der Waals surface area (Å²) in [5.74, 6) is 0. The summed E-state index contributed by atoms with van der Waals surface area (Å²) in [7, 11) is 0.241. The summed E-state index contributed by atoms with van der Waals surface area (Å²) in [6, 6.07) is 19.6. The van der Waals surface area contributed by atoms with Gasteiger partial charge in [0.2, 0.25) is 10.0 Å². The second kappa shape index (κ2) is 8.49. The number of hydrogen-bond acceptors (Lipinski definition) is 4. The minimum atomic E-state index is -3.29. The van der Waals surface area contributed by atoms with Gasteiger partial charge in [-0.3, -0.25) is 0 Å². The Kier molecular flexibility index (Phi) is 6.65. The molecule has 2 rings (SSSR count). The largest absolute Gasteiger partial charge is 0.248 e. The molecule has 0 spiro atoms. The molecule has 6 heteroatoms. The molecular weight excluding hydrogens is 328 g/mol. The van der Waals surface area contributed by atoms with Crippen LogP contribution < -0.4 is 0 Å². The first-order valence-corrected chi connectivity index (χ1v) is 9.88. The zero-order valence-electron chi connectivity index (χ0n) is 13.4. The van der Waals surface area contributed by atoms with Gasteiger partial charge < -0.3 is 0 Å². The molecule has 0 fully saturated rings. The summed E-state index contributed by atoms with van der Waals surface area (Å²) in [6.07, 6.45) is 0. The van der Waals surface area contributed by atoms with Crippen LogP contribution in [0.4, 0.5) is 0 Å². The van der Waals surface area contributed by atoms with E-state index in [0.717, 1.165) is 11.1 Å². The number of nitrogens with zero attached hydrogens (tertiary/aromatic N) is 2. The molecule has 0 N–H and O–H groups in total. The zero-order valence-corrected chi connectivity index (χ0v) is 15.1. The van der Waals surface area contributed by atoms with E-state index in [9.17, 15) is 8.42 Å². The highest BCUT2D eigenvalue weighted by atomic mass is 32.3. The lowest BCUT2D eigenvalue weighted by molar-refractivity contribution is 0.470. The van der Waals surface area contributed by atoms with E-state index in [2.05, 4.69) is 0 Å². The van der Waals surface area contributed by atoms with E-state index in [4.69, 9.17) is 0 Å². The Morgan fingerprint density at radius 3 is 1.83 bits per heavy atom. The van der Waals surface area contributed by atoms with Crippen LogP contribution in [0.5, 0.6) is 0 Å². The van der Waals surface area contributed by atoms with Crippen LogP contribution in [0, 0.1) is 0 Å². The van der Waals surface area contributed by atoms with E-state index in [-0.39, 0.29) is 5.08 Å². The maximum Gasteiger partial charge on any atom is 0.224 e. The van der Waals surface area contributed by atoms with Gasteiger partial charge in [-0.1, -0.05) is 72.6 Å². The van der Waals surface area contributed by atoms with Crippen molar-refractivity contribution in [2.45, 2.75) is 13.1 Å². The average molecular weight is 351 g/mol. The summed E-state index contributed by atoms with van der Waals surface area (Å²) >= 11 is 1.32. The fourth-order valence-electron chi connectivity index (χ4n) is 2.07. The van der Waals surface area contributed by atoms with E-state index in [1.54, 1.807) is 7.05 Å². The van der Waals surface area contributed by atoms with Gasteiger partial charge in [0.15, 0.2) is 0 Å². The minimum Gasteiger partial charge on any atom is -0.248 e. The molecule has 0 radical (unpaired) electrons. The molecule has 0 heterocycles. The fourth-order valence-corrected chi connectivity index (χ4v) is 4.63. The van der Waals surface area contributed by atoms with Crippen molar-refractivity contribution in [3.05, 3.63) is 71.8 Å². The number of benzene rings is 2. The van der Waals surface area contributed by atoms with Crippen LogP contribution in [0.2, 0.25) is 0 Å². The van der Waals surface area contributed by atoms with Crippen molar-refractivity contribution >= 4 is 22.0 Å². The van der Waals surface area contributed by atoms with Gasteiger partial charge in [-0.25, -0.2) is 12.7 Å². The first kappa shape index (κ1) is 18.0. The first-order valence-electron chi connectivity index (χ1n) is 7.33. The Bertz CT molecular complexity index is 691. The predicted octanol–water partition coefficient (Wildman–Crippen LogP) is 3.19. The lowest BCUT2D eigenvalue weighted by atomic mass is 10.2. The van der Waals surface area contributed by atoms with Crippen LogP contribution in [-0.4, -0.2) is 36.2 Å². The average Bonchev–Trinajstić information content (AvgIpc) is 2.55. The van der Waals surface area contributed by atoms with Crippen molar-refractivity contribution in [1.29, 1.82) is 0 Å². The van der Waals surface area contributed by atoms with Gasteiger partial charge in [-0.15, -0.1) is 0 Å². The molecule has 23 heavy (non-hydrogen) atoms. The molecule has 0 aliphatic heterocycles. The van der Waals surface area contributed by atoms with Crippen LogP contribution in [0.1, 0.15) is 11.1 Å². The van der Waals surface area contributed by atoms with Crippen molar-refractivity contribution in [3.8, 4) is 0 Å². The van der Waals surface area contributed by atoms with Crippen molar-refractivity contribution < 1.29 is 8.42 Å². The van der Waals surface area contributed by atoms with Crippen LogP contribution in [0.3, 0.4) is 0 Å². The molecule has 0 atom stereocenters. The zero-order chi connectivity index (χ0) is 16.7. The molecule has 0 bridgehead atoms. The molecule has 0 saturated carbocycles. The number of sulfonamides is 1. The second-order valence-corrected chi connectivity index (χ2v) is 8.98. The third-order valence-electron chi connectivity index (χ3n) is 3.39. The smallest absolute Gasteiger partial charge is 0.224 e. The molecule has 0 unspecified atom stereocenters. The number of hydrogen-bond donors (Lipinski definition) is 0. The van der Waals surface area contributed by atoms with Gasteiger partial charge in [0.25, 0.3) is 0 Å². The third-order valence-corrected chi connectivity index (χ3v) is 6.65. The summed E-state index contributed by atoms with van der Waals surface area (Å²) < 4.78 is 28.1. The molecule has 2 aromatic rings. The molecule has 0 aliphatic rings. The third kappa shape index (κ3) is 5.99. The highest BCUT2D eigenvalue weighted by molar-refractivity contribution is 8.10. The van der Waals surface area contributed by atoms with E-state index in [0.29, 0.717) is 13.1 Å². The summed E-state index contributed by atoms with van der Waals surface area (Å²) in [5, 5.41) is 0.0413. The summed E-state index contributed by atoms with van der Waals surface area (Å²) in [6.45, 7) is 1.11. The highest BCUT2D eigenvalue weighted by Crippen LogP contribution is 2.17. The molecule has 0 aromatic heterocycles. The Morgan fingerprint density at radius 1 is 0.826 bits per heavy atom. The van der Waals surface area contributed by atoms with Crippen LogP contribution in [0.15, 0.2) is 60.7 Å². The number of rotatable bonds is 8. The van der Waals surface area contributed by atoms with Crippen LogP contribution >= 0.6 is 11.9 Å². The standard InChI is InChI=1S/C17H22N2O2S2/c1-18(13-16-9-5-3-6-10-16)22-15-23(20,21)19(2)14-17-11-7-4-8-12-17/h3-12H,13-15H2,1-2H3. The fraction of sp³-hybridized carbons (Fsp3) is 0.294. The molecule has 0 amide bonds. The van der Waals surface area contributed by atoms with Gasteiger partial charge in [-0.05, 0) is 18.2 Å². The predicted molar refractivity (Wildman–Crippen MR) is 97.2 cm³/mol. The van der Waals surface area contributed by atoms with Crippen LogP contribution in [-0.2, 0) is 23.1 Å². The maximum absolute atomic E-state index is 12.4. The van der Waals surface area contributed by atoms with Gasteiger partial charge in [0.05, 0.1) is 0 Å². The summed E-state index contributed by atoms with van der Waals surface area (Å²) in [5.41, 5.74) is 2.15. The van der Waals surface area contributed by atoms with E-state index >= 15 is 0 Å². The summed E-state index contributed by atoms with van der Waals surface area (Å²) in [4.78, 5) is 0. The van der Waals surface area contributed by atoms with Crippen molar-refractivity contribution in [2.24, 2.45) is 0 Å². The minimum absolute atomic E-state index is 0.0413. The Labute approximate surface area is 143 Å². The lowest BCUT2D eigenvalue weighted by Crippen LogP contribution is -2.29. The van der Waals surface area contributed by atoms with Gasteiger partial charge in [0.1, 0.15) is 5.08 Å². The van der Waals surface area contributed by atoms with Gasteiger partial charge in [0, 0.05) is 20.1 Å². The van der Waals surface area contributed by atoms with E-state index in [1.807, 2.05) is 72.0 Å². The quantitative estimate of drug-likeness (QED) is 0.686. The molecule has 0 aliphatic carbocycles. The maximum atomic E-state index is 12.4. The Hall–Kier alpha value is -1.34. The van der Waals surface area contributed by atoms with Gasteiger partial charge >= 0.3 is 0 Å². The molecule has 2 aromatic carbocycles. The molecule has 0 saturated heterocycles. The first-order chi connectivity index (χ1) is 11.0. The van der Waals surface area contributed by atoms with E-state index in [1.165, 1.54) is 16.3 Å². The van der Waals surface area contributed by atoms with E-state index < -0.39 is 10.0 Å². The Balaban J connectivity index is 1.85. The second-order valence-electron chi connectivity index (χ2n) is 5.37. The SMILES string of the molecule is CN(Cc1ccccc1)SCS(=O)(=O)N(C)Cc1ccccc1. The molecule has 124 valence electrons. The van der Waals surface area contributed by atoms with Crippen LogP contribution in [0.25, 0.3) is 0 Å². The van der Waals surface area contributed by atoms with Crippen molar-refractivity contribution in [1.82, 2.24) is 8.61 Å².